The van der Waals surface area contributed by atoms with Crippen LogP contribution < -0.4 is 0 Å². The summed E-state index contributed by atoms with van der Waals surface area (Å²) < 4.78 is 5.30. The fraction of sp³-hybridized carbons (Fsp3) is 0.308. The molecule has 1 heterocycles. The Labute approximate surface area is 100 Å². The molecule has 0 aliphatic rings. The van der Waals surface area contributed by atoms with Gasteiger partial charge in [0.25, 0.3) is 0 Å². The molecule has 0 aliphatic heterocycles. The van der Waals surface area contributed by atoms with Crippen molar-refractivity contribution in [2.24, 2.45) is 0 Å². The predicted octanol–water partition coefficient (Wildman–Crippen LogP) is 3.59. The molecule has 0 aliphatic carbocycles. The van der Waals surface area contributed by atoms with Crippen LogP contribution in [-0.4, -0.2) is 4.98 Å². The SMILES string of the molecule is ClCc1ncoc1CCCc1ccccc1. The smallest absolute Gasteiger partial charge is 0.181 e. The second-order valence-electron chi connectivity index (χ2n) is 3.70. The molecule has 16 heavy (non-hydrogen) atoms. The summed E-state index contributed by atoms with van der Waals surface area (Å²) in [5, 5.41) is 0. The van der Waals surface area contributed by atoms with Crippen molar-refractivity contribution in [2.45, 2.75) is 25.1 Å². The zero-order valence-corrected chi connectivity index (χ0v) is 9.78. The molecule has 2 aromatic rings. The van der Waals surface area contributed by atoms with Crippen molar-refractivity contribution in [1.82, 2.24) is 4.98 Å². The van der Waals surface area contributed by atoms with Gasteiger partial charge in [-0.15, -0.1) is 11.6 Å². The molecule has 0 bridgehead atoms. The third-order valence-electron chi connectivity index (χ3n) is 2.56. The highest BCUT2D eigenvalue weighted by Crippen LogP contribution is 2.13. The van der Waals surface area contributed by atoms with Crippen LogP contribution in [0.2, 0.25) is 0 Å². The van der Waals surface area contributed by atoms with E-state index in [9.17, 15) is 0 Å². The number of oxazole rings is 1. The van der Waals surface area contributed by atoms with E-state index < -0.39 is 0 Å². The van der Waals surface area contributed by atoms with E-state index >= 15 is 0 Å². The van der Waals surface area contributed by atoms with Crippen LogP contribution in [-0.2, 0) is 18.7 Å². The summed E-state index contributed by atoms with van der Waals surface area (Å²) in [5.74, 6) is 1.35. The highest BCUT2D eigenvalue weighted by atomic mass is 35.5. The van der Waals surface area contributed by atoms with Crippen LogP contribution in [0, 0.1) is 0 Å². The molecule has 0 atom stereocenters. The molecule has 0 spiro atoms. The largest absolute Gasteiger partial charge is 0.448 e. The molecule has 2 nitrogen and oxygen atoms in total. The molecular weight excluding hydrogens is 222 g/mol. The zero-order valence-electron chi connectivity index (χ0n) is 9.03. The third-order valence-corrected chi connectivity index (χ3v) is 2.82. The van der Waals surface area contributed by atoms with Gasteiger partial charge >= 0.3 is 0 Å². The van der Waals surface area contributed by atoms with Crippen molar-refractivity contribution < 1.29 is 4.42 Å². The van der Waals surface area contributed by atoms with Crippen LogP contribution in [0.3, 0.4) is 0 Å². The van der Waals surface area contributed by atoms with Crippen molar-refractivity contribution in [1.29, 1.82) is 0 Å². The molecule has 0 N–H and O–H groups in total. The third kappa shape index (κ3) is 2.86. The minimum Gasteiger partial charge on any atom is -0.448 e. The van der Waals surface area contributed by atoms with Crippen molar-refractivity contribution in [3.63, 3.8) is 0 Å². The Bertz CT molecular complexity index is 425. The molecule has 3 heteroatoms. The Morgan fingerprint density at radius 3 is 2.69 bits per heavy atom. The Kier molecular flexibility index (Phi) is 4.00. The highest BCUT2D eigenvalue weighted by Gasteiger charge is 2.06. The number of alkyl halides is 1. The fourth-order valence-corrected chi connectivity index (χ4v) is 1.92. The first-order chi connectivity index (χ1) is 7.90. The molecule has 0 fully saturated rings. The summed E-state index contributed by atoms with van der Waals surface area (Å²) in [7, 11) is 0. The van der Waals surface area contributed by atoms with Gasteiger partial charge in [0.15, 0.2) is 6.39 Å². The standard InChI is InChI=1S/C13H14ClNO/c14-9-12-13(16-10-15-12)8-4-7-11-5-2-1-3-6-11/h1-3,5-6,10H,4,7-9H2. The molecule has 1 aromatic carbocycles. The number of nitrogens with zero attached hydrogens (tertiary/aromatic N) is 1. The number of aromatic nitrogens is 1. The van der Waals surface area contributed by atoms with Gasteiger partial charge in [-0.1, -0.05) is 30.3 Å². The predicted molar refractivity (Wildman–Crippen MR) is 64.5 cm³/mol. The normalized spacial score (nSPS) is 10.6. The molecule has 0 radical (unpaired) electrons. The Morgan fingerprint density at radius 1 is 1.12 bits per heavy atom. The van der Waals surface area contributed by atoms with E-state index in [-0.39, 0.29) is 0 Å². The number of hydrogen-bond donors (Lipinski definition) is 0. The average Bonchev–Trinajstić information content (AvgIpc) is 2.78. The highest BCUT2D eigenvalue weighted by molar-refractivity contribution is 6.16. The van der Waals surface area contributed by atoms with E-state index in [2.05, 4.69) is 29.2 Å². The molecule has 0 saturated heterocycles. The first-order valence-corrected chi connectivity index (χ1v) is 5.94. The molecule has 0 saturated carbocycles. The average molecular weight is 236 g/mol. The molecule has 0 amide bonds. The lowest BCUT2D eigenvalue weighted by molar-refractivity contribution is 0.494. The first kappa shape index (κ1) is 11.2. The van der Waals surface area contributed by atoms with E-state index in [1.165, 1.54) is 12.0 Å². The monoisotopic (exact) mass is 235 g/mol. The van der Waals surface area contributed by atoms with Crippen LogP contribution in [0.15, 0.2) is 41.1 Å². The lowest BCUT2D eigenvalue weighted by Gasteiger charge is -2.00. The maximum Gasteiger partial charge on any atom is 0.181 e. The molecular formula is C13H14ClNO. The molecule has 84 valence electrons. The number of hydrogen-bond acceptors (Lipinski definition) is 2. The van der Waals surface area contributed by atoms with E-state index in [0.29, 0.717) is 5.88 Å². The Hall–Kier alpha value is -1.28. The van der Waals surface area contributed by atoms with Crippen molar-refractivity contribution in [2.75, 3.05) is 0 Å². The van der Waals surface area contributed by atoms with Gasteiger partial charge in [-0.3, -0.25) is 0 Å². The van der Waals surface area contributed by atoms with Gasteiger partial charge in [0.1, 0.15) is 5.76 Å². The van der Waals surface area contributed by atoms with Gasteiger partial charge in [0, 0.05) is 6.42 Å². The quantitative estimate of drug-likeness (QED) is 0.741. The zero-order chi connectivity index (χ0) is 11.2. The van der Waals surface area contributed by atoms with Gasteiger partial charge in [0.2, 0.25) is 0 Å². The number of aryl methyl sites for hydroxylation is 2. The first-order valence-electron chi connectivity index (χ1n) is 5.41. The summed E-state index contributed by atoms with van der Waals surface area (Å²) in [4.78, 5) is 4.06. The lowest BCUT2D eigenvalue weighted by atomic mass is 10.1. The van der Waals surface area contributed by atoms with Crippen molar-refractivity contribution in [3.05, 3.63) is 53.7 Å². The van der Waals surface area contributed by atoms with Crippen LogP contribution in [0.5, 0.6) is 0 Å². The topological polar surface area (TPSA) is 26.0 Å². The summed E-state index contributed by atoms with van der Waals surface area (Å²) >= 11 is 5.75. The fourth-order valence-electron chi connectivity index (χ4n) is 1.70. The second kappa shape index (κ2) is 5.71. The minimum absolute atomic E-state index is 0.428. The van der Waals surface area contributed by atoms with Crippen molar-refractivity contribution in [3.8, 4) is 0 Å². The Morgan fingerprint density at radius 2 is 1.94 bits per heavy atom. The molecule has 2 rings (SSSR count). The number of benzene rings is 1. The summed E-state index contributed by atoms with van der Waals surface area (Å²) in [6.07, 6.45) is 4.48. The lowest BCUT2D eigenvalue weighted by Crippen LogP contribution is -1.92. The second-order valence-corrected chi connectivity index (χ2v) is 3.96. The Balaban J connectivity index is 1.85. The van der Waals surface area contributed by atoms with E-state index in [4.69, 9.17) is 16.0 Å². The summed E-state index contributed by atoms with van der Waals surface area (Å²) in [5.41, 5.74) is 2.23. The summed E-state index contributed by atoms with van der Waals surface area (Å²) in [6, 6.07) is 10.4. The van der Waals surface area contributed by atoms with E-state index in [1.807, 2.05) is 6.07 Å². The van der Waals surface area contributed by atoms with Gasteiger partial charge in [-0.2, -0.15) is 0 Å². The molecule has 1 aromatic heterocycles. The van der Waals surface area contributed by atoms with Gasteiger partial charge < -0.3 is 4.42 Å². The maximum atomic E-state index is 5.75. The maximum absolute atomic E-state index is 5.75. The van der Waals surface area contributed by atoms with Crippen LogP contribution in [0.25, 0.3) is 0 Å². The van der Waals surface area contributed by atoms with Crippen LogP contribution >= 0.6 is 11.6 Å². The minimum atomic E-state index is 0.428. The van der Waals surface area contributed by atoms with Gasteiger partial charge in [-0.05, 0) is 18.4 Å². The van der Waals surface area contributed by atoms with Gasteiger partial charge in [-0.25, -0.2) is 4.98 Å². The van der Waals surface area contributed by atoms with E-state index in [0.717, 1.165) is 30.7 Å². The number of rotatable bonds is 5. The molecule has 0 unspecified atom stereocenters. The van der Waals surface area contributed by atoms with Crippen LogP contribution in [0.4, 0.5) is 0 Å². The van der Waals surface area contributed by atoms with Crippen LogP contribution in [0.1, 0.15) is 23.4 Å². The summed E-state index contributed by atoms with van der Waals surface area (Å²) in [6.45, 7) is 0. The number of halogens is 1. The van der Waals surface area contributed by atoms with Gasteiger partial charge in [0.05, 0.1) is 11.6 Å². The van der Waals surface area contributed by atoms with Crippen molar-refractivity contribution >= 4 is 11.6 Å². The van der Waals surface area contributed by atoms with E-state index in [1.54, 1.807) is 0 Å².